The van der Waals surface area contributed by atoms with Crippen molar-refractivity contribution in [2.45, 2.75) is 20.3 Å². The van der Waals surface area contributed by atoms with Crippen LogP contribution in [0.5, 0.6) is 5.75 Å². The minimum atomic E-state index is -0.273. The van der Waals surface area contributed by atoms with Gasteiger partial charge in [0.25, 0.3) is 5.91 Å². The molecular formula is C19H19N3O2. The van der Waals surface area contributed by atoms with Gasteiger partial charge in [-0.2, -0.15) is 5.10 Å². The van der Waals surface area contributed by atoms with Crippen LogP contribution in [0.25, 0.3) is 11.3 Å². The third-order valence-electron chi connectivity index (χ3n) is 3.96. The molecule has 0 saturated carbocycles. The van der Waals surface area contributed by atoms with E-state index < -0.39 is 0 Å². The summed E-state index contributed by atoms with van der Waals surface area (Å²) in [5.41, 5.74) is 4.17. The Hall–Kier alpha value is -3.08. The molecule has 0 bridgehead atoms. The SMILES string of the molecule is CCc1ccc(NC(=O)c2cc(-c3cccc(C)c3O)n[nH]2)cc1. The molecule has 5 nitrogen and oxygen atoms in total. The largest absolute Gasteiger partial charge is 0.507 e. The maximum absolute atomic E-state index is 12.3. The van der Waals surface area contributed by atoms with Crippen molar-refractivity contribution in [3.05, 3.63) is 65.4 Å². The number of H-pyrrole nitrogens is 1. The number of nitrogens with one attached hydrogen (secondary N) is 2. The molecule has 122 valence electrons. The lowest BCUT2D eigenvalue weighted by molar-refractivity contribution is 0.102. The standard InChI is InChI=1S/C19H19N3O2/c1-3-13-7-9-14(10-8-13)20-19(24)17-11-16(21-22-17)15-6-4-5-12(2)18(15)23/h4-11,23H,3H2,1-2H3,(H,20,24)(H,21,22). The number of carbonyl (C=O) groups is 1. The van der Waals surface area contributed by atoms with Gasteiger partial charge >= 0.3 is 0 Å². The second-order valence-electron chi connectivity index (χ2n) is 5.64. The number of nitrogens with zero attached hydrogens (tertiary/aromatic N) is 1. The normalized spacial score (nSPS) is 10.6. The van der Waals surface area contributed by atoms with E-state index in [9.17, 15) is 9.90 Å². The van der Waals surface area contributed by atoms with Crippen LogP contribution in [0, 0.1) is 6.92 Å². The molecule has 1 aromatic heterocycles. The molecule has 0 aliphatic heterocycles. The topological polar surface area (TPSA) is 78.0 Å². The minimum absolute atomic E-state index is 0.172. The van der Waals surface area contributed by atoms with Crippen LogP contribution < -0.4 is 5.32 Å². The Morgan fingerprint density at radius 2 is 1.96 bits per heavy atom. The van der Waals surface area contributed by atoms with Crippen LogP contribution in [-0.2, 0) is 6.42 Å². The molecule has 3 rings (SSSR count). The molecule has 1 amide bonds. The first-order valence-corrected chi connectivity index (χ1v) is 7.83. The zero-order valence-electron chi connectivity index (χ0n) is 13.6. The van der Waals surface area contributed by atoms with Crippen molar-refractivity contribution in [1.82, 2.24) is 10.2 Å². The van der Waals surface area contributed by atoms with E-state index in [2.05, 4.69) is 22.4 Å². The van der Waals surface area contributed by atoms with Gasteiger partial charge in [-0.1, -0.05) is 31.2 Å². The lowest BCUT2D eigenvalue weighted by atomic mass is 10.1. The summed E-state index contributed by atoms with van der Waals surface area (Å²) in [6.45, 7) is 3.90. The molecule has 0 aliphatic carbocycles. The molecule has 0 atom stereocenters. The number of hydrogen-bond donors (Lipinski definition) is 3. The predicted octanol–water partition coefficient (Wildman–Crippen LogP) is 3.91. The van der Waals surface area contributed by atoms with Gasteiger partial charge in [0.1, 0.15) is 11.4 Å². The second kappa shape index (κ2) is 6.58. The van der Waals surface area contributed by atoms with Gasteiger partial charge in [0.2, 0.25) is 0 Å². The molecule has 24 heavy (non-hydrogen) atoms. The maximum atomic E-state index is 12.3. The quantitative estimate of drug-likeness (QED) is 0.682. The van der Waals surface area contributed by atoms with Crippen molar-refractivity contribution >= 4 is 11.6 Å². The van der Waals surface area contributed by atoms with Crippen LogP contribution in [0.1, 0.15) is 28.5 Å². The number of phenolic OH excluding ortho intramolecular Hbond substituents is 1. The number of benzene rings is 2. The first-order chi connectivity index (χ1) is 11.6. The number of para-hydroxylation sites is 1. The number of anilines is 1. The molecule has 1 heterocycles. The fourth-order valence-electron chi connectivity index (χ4n) is 2.46. The van der Waals surface area contributed by atoms with Gasteiger partial charge in [0.15, 0.2) is 0 Å². The summed E-state index contributed by atoms with van der Waals surface area (Å²) in [5.74, 6) is -0.101. The number of hydrogen-bond acceptors (Lipinski definition) is 3. The Labute approximate surface area is 140 Å². The third-order valence-corrected chi connectivity index (χ3v) is 3.96. The number of aromatic hydroxyl groups is 1. The van der Waals surface area contributed by atoms with E-state index in [1.807, 2.05) is 43.3 Å². The molecule has 0 fully saturated rings. The number of aromatic nitrogens is 2. The molecule has 0 saturated heterocycles. The zero-order valence-corrected chi connectivity index (χ0v) is 13.6. The number of aryl methyl sites for hydroxylation is 2. The van der Waals surface area contributed by atoms with Crippen molar-refractivity contribution in [3.8, 4) is 17.0 Å². The van der Waals surface area contributed by atoms with Crippen LogP contribution in [0.2, 0.25) is 0 Å². The number of aromatic amines is 1. The van der Waals surface area contributed by atoms with Crippen LogP contribution in [0.15, 0.2) is 48.5 Å². The van der Waals surface area contributed by atoms with E-state index >= 15 is 0 Å². The lowest BCUT2D eigenvalue weighted by Gasteiger charge is -2.04. The summed E-state index contributed by atoms with van der Waals surface area (Å²) in [6, 6.07) is 14.8. The van der Waals surface area contributed by atoms with Crippen molar-refractivity contribution in [2.75, 3.05) is 5.32 Å². The highest BCUT2D eigenvalue weighted by Crippen LogP contribution is 2.30. The van der Waals surface area contributed by atoms with Crippen molar-refractivity contribution in [1.29, 1.82) is 0 Å². The molecule has 3 aromatic rings. The highest BCUT2D eigenvalue weighted by molar-refractivity contribution is 6.03. The second-order valence-corrected chi connectivity index (χ2v) is 5.64. The fraction of sp³-hybridized carbons (Fsp3) is 0.158. The van der Waals surface area contributed by atoms with Crippen LogP contribution in [0.4, 0.5) is 5.69 Å². The van der Waals surface area contributed by atoms with E-state index in [-0.39, 0.29) is 11.7 Å². The first-order valence-electron chi connectivity index (χ1n) is 7.83. The smallest absolute Gasteiger partial charge is 0.273 e. The summed E-state index contributed by atoms with van der Waals surface area (Å²) in [5, 5.41) is 19.8. The van der Waals surface area contributed by atoms with Crippen molar-refractivity contribution < 1.29 is 9.90 Å². The van der Waals surface area contributed by atoms with Crippen LogP contribution >= 0.6 is 0 Å². The first kappa shape index (κ1) is 15.8. The van der Waals surface area contributed by atoms with E-state index in [0.717, 1.165) is 17.7 Å². The summed E-state index contributed by atoms with van der Waals surface area (Å²) < 4.78 is 0. The van der Waals surface area contributed by atoms with Gasteiger partial charge in [0, 0.05) is 11.3 Å². The summed E-state index contributed by atoms with van der Waals surface area (Å²) in [7, 11) is 0. The van der Waals surface area contributed by atoms with Gasteiger partial charge in [-0.05, 0) is 48.7 Å². The van der Waals surface area contributed by atoms with Crippen LogP contribution in [-0.4, -0.2) is 21.2 Å². The number of carbonyl (C=O) groups excluding carboxylic acids is 1. The molecule has 0 aliphatic rings. The zero-order chi connectivity index (χ0) is 17.1. The Morgan fingerprint density at radius 1 is 1.21 bits per heavy atom. The predicted molar refractivity (Wildman–Crippen MR) is 94.2 cm³/mol. The molecule has 0 radical (unpaired) electrons. The molecule has 0 spiro atoms. The number of rotatable bonds is 4. The van der Waals surface area contributed by atoms with Crippen molar-refractivity contribution in [2.24, 2.45) is 0 Å². The number of amides is 1. The van der Waals surface area contributed by atoms with E-state index in [0.29, 0.717) is 17.0 Å². The van der Waals surface area contributed by atoms with E-state index in [4.69, 9.17) is 0 Å². The van der Waals surface area contributed by atoms with Gasteiger partial charge in [-0.15, -0.1) is 0 Å². The molecule has 5 heteroatoms. The lowest BCUT2D eigenvalue weighted by Crippen LogP contribution is -2.12. The van der Waals surface area contributed by atoms with Crippen LogP contribution in [0.3, 0.4) is 0 Å². The molecule has 2 aromatic carbocycles. The van der Waals surface area contributed by atoms with E-state index in [1.54, 1.807) is 12.1 Å². The summed E-state index contributed by atoms with van der Waals surface area (Å²) >= 11 is 0. The molecular weight excluding hydrogens is 302 g/mol. The highest BCUT2D eigenvalue weighted by atomic mass is 16.3. The Kier molecular flexibility index (Phi) is 4.33. The summed E-state index contributed by atoms with van der Waals surface area (Å²) in [4.78, 5) is 12.3. The Morgan fingerprint density at radius 3 is 2.67 bits per heavy atom. The minimum Gasteiger partial charge on any atom is -0.507 e. The molecule has 0 unspecified atom stereocenters. The average Bonchev–Trinajstić information content (AvgIpc) is 3.08. The van der Waals surface area contributed by atoms with Gasteiger partial charge < -0.3 is 10.4 Å². The van der Waals surface area contributed by atoms with E-state index in [1.165, 1.54) is 5.56 Å². The summed E-state index contributed by atoms with van der Waals surface area (Å²) in [6.07, 6.45) is 0.956. The molecule has 3 N–H and O–H groups in total. The average molecular weight is 321 g/mol. The van der Waals surface area contributed by atoms with Gasteiger partial charge in [-0.3, -0.25) is 9.89 Å². The number of phenols is 1. The maximum Gasteiger partial charge on any atom is 0.273 e. The third kappa shape index (κ3) is 3.15. The van der Waals surface area contributed by atoms with Gasteiger partial charge in [-0.25, -0.2) is 0 Å². The Balaban J connectivity index is 1.79. The Bertz CT molecular complexity index is 867. The van der Waals surface area contributed by atoms with Crippen molar-refractivity contribution in [3.63, 3.8) is 0 Å². The fourth-order valence-corrected chi connectivity index (χ4v) is 2.46. The monoisotopic (exact) mass is 321 g/mol. The van der Waals surface area contributed by atoms with Gasteiger partial charge in [0.05, 0.1) is 5.69 Å². The highest BCUT2D eigenvalue weighted by Gasteiger charge is 2.14.